The molecule has 1 aromatic carbocycles. The molecule has 2 aromatic rings. The number of aromatic nitrogens is 1. The highest BCUT2D eigenvalue weighted by molar-refractivity contribution is 5.21. The second-order valence-electron chi connectivity index (χ2n) is 3.60. The summed E-state index contributed by atoms with van der Waals surface area (Å²) < 4.78 is 0. The normalized spacial score (nSPS) is 12.0. The van der Waals surface area contributed by atoms with Crippen LogP contribution in [0.1, 0.15) is 17.2 Å². The quantitative estimate of drug-likeness (QED) is 0.730. The minimum Gasteiger partial charge on any atom is -0.264 e. The van der Waals surface area contributed by atoms with Gasteiger partial charge in [0.2, 0.25) is 0 Å². The maximum Gasteiger partial charge on any atom is 0.122 e. The van der Waals surface area contributed by atoms with E-state index in [1.54, 1.807) is 12.4 Å². The molecular formula is C13H12N2O. The first-order chi connectivity index (χ1) is 7.90. The van der Waals surface area contributed by atoms with Crippen LogP contribution in [0.15, 0.2) is 60.0 Å². The smallest absolute Gasteiger partial charge is 0.122 e. The number of hydrogen-bond donors (Lipinski definition) is 0. The summed E-state index contributed by atoms with van der Waals surface area (Å²) >= 11 is 0. The highest BCUT2D eigenvalue weighted by Gasteiger charge is 2.12. The first kappa shape index (κ1) is 10.5. The molecule has 0 saturated carbocycles. The fourth-order valence-corrected chi connectivity index (χ4v) is 1.63. The van der Waals surface area contributed by atoms with Gasteiger partial charge in [-0.15, -0.1) is 0 Å². The minimum atomic E-state index is -0.351. The SMILES string of the molecule is O=NC(Cc1ccccc1)c1cccnc1. The zero-order chi connectivity index (χ0) is 11.2. The Bertz CT molecular complexity index is 442. The third-order valence-electron chi connectivity index (χ3n) is 2.47. The number of pyridine rings is 1. The molecule has 1 atom stereocenters. The lowest BCUT2D eigenvalue weighted by Crippen LogP contribution is -1.99. The van der Waals surface area contributed by atoms with Crippen LogP contribution in [0.5, 0.6) is 0 Å². The minimum absolute atomic E-state index is 0.351. The van der Waals surface area contributed by atoms with Crippen LogP contribution in [0.25, 0.3) is 0 Å². The maximum absolute atomic E-state index is 10.8. The molecule has 0 bridgehead atoms. The van der Waals surface area contributed by atoms with Crippen molar-refractivity contribution in [2.75, 3.05) is 0 Å². The largest absolute Gasteiger partial charge is 0.264 e. The third-order valence-corrected chi connectivity index (χ3v) is 2.47. The second-order valence-corrected chi connectivity index (χ2v) is 3.60. The van der Waals surface area contributed by atoms with Crippen LogP contribution in [0.3, 0.4) is 0 Å². The molecule has 0 aliphatic carbocycles. The van der Waals surface area contributed by atoms with Crippen LogP contribution in [0.2, 0.25) is 0 Å². The molecule has 0 saturated heterocycles. The molecule has 80 valence electrons. The van der Waals surface area contributed by atoms with Crippen molar-refractivity contribution in [1.82, 2.24) is 4.98 Å². The molecule has 0 N–H and O–H groups in total. The van der Waals surface area contributed by atoms with E-state index in [4.69, 9.17) is 0 Å². The standard InChI is InChI=1S/C13H12N2O/c16-15-13(12-7-4-8-14-10-12)9-11-5-2-1-3-6-11/h1-8,10,13H,9H2. The number of hydrogen-bond acceptors (Lipinski definition) is 3. The van der Waals surface area contributed by atoms with E-state index in [2.05, 4.69) is 10.2 Å². The van der Waals surface area contributed by atoms with Gasteiger partial charge in [-0.1, -0.05) is 41.6 Å². The fraction of sp³-hybridized carbons (Fsp3) is 0.154. The van der Waals surface area contributed by atoms with E-state index in [-0.39, 0.29) is 6.04 Å². The van der Waals surface area contributed by atoms with Gasteiger partial charge in [-0.05, 0) is 17.2 Å². The summed E-state index contributed by atoms with van der Waals surface area (Å²) in [4.78, 5) is 14.8. The van der Waals surface area contributed by atoms with Gasteiger partial charge in [0.1, 0.15) is 6.04 Å². The Balaban J connectivity index is 2.16. The van der Waals surface area contributed by atoms with Gasteiger partial charge in [-0.25, -0.2) is 0 Å². The van der Waals surface area contributed by atoms with Gasteiger partial charge >= 0.3 is 0 Å². The topological polar surface area (TPSA) is 42.3 Å². The van der Waals surface area contributed by atoms with E-state index in [1.807, 2.05) is 42.5 Å². The van der Waals surface area contributed by atoms with Crippen LogP contribution in [0, 0.1) is 4.91 Å². The lowest BCUT2D eigenvalue weighted by Gasteiger charge is -2.08. The average Bonchev–Trinajstić information content (AvgIpc) is 2.38. The zero-order valence-corrected chi connectivity index (χ0v) is 8.78. The molecule has 0 radical (unpaired) electrons. The van der Waals surface area contributed by atoms with Gasteiger partial charge in [0, 0.05) is 18.8 Å². The molecule has 3 heteroatoms. The van der Waals surface area contributed by atoms with Crippen LogP contribution in [0.4, 0.5) is 0 Å². The predicted octanol–water partition coefficient (Wildman–Crippen LogP) is 3.13. The van der Waals surface area contributed by atoms with E-state index in [9.17, 15) is 4.91 Å². The molecule has 1 aromatic heterocycles. The number of nitrogens with zero attached hydrogens (tertiary/aromatic N) is 2. The van der Waals surface area contributed by atoms with Crippen molar-refractivity contribution >= 4 is 0 Å². The Labute approximate surface area is 94.1 Å². The van der Waals surface area contributed by atoms with Gasteiger partial charge in [-0.2, -0.15) is 4.91 Å². The van der Waals surface area contributed by atoms with Crippen molar-refractivity contribution in [3.05, 3.63) is 70.9 Å². The Kier molecular flexibility index (Phi) is 3.38. The highest BCUT2D eigenvalue weighted by Crippen LogP contribution is 2.20. The molecule has 3 nitrogen and oxygen atoms in total. The second kappa shape index (κ2) is 5.16. The molecule has 0 amide bonds. The van der Waals surface area contributed by atoms with Crippen LogP contribution in [-0.4, -0.2) is 4.98 Å². The lowest BCUT2D eigenvalue weighted by atomic mass is 10.0. The first-order valence-corrected chi connectivity index (χ1v) is 5.16. The van der Waals surface area contributed by atoms with Crippen molar-refractivity contribution in [2.24, 2.45) is 5.18 Å². The Morgan fingerprint density at radius 1 is 1.12 bits per heavy atom. The molecular weight excluding hydrogens is 200 g/mol. The van der Waals surface area contributed by atoms with Crippen LogP contribution >= 0.6 is 0 Å². The Hall–Kier alpha value is -2.03. The third kappa shape index (κ3) is 2.51. The molecule has 0 fully saturated rings. The lowest BCUT2D eigenvalue weighted by molar-refractivity contribution is 0.714. The van der Waals surface area contributed by atoms with E-state index in [1.165, 1.54) is 0 Å². The van der Waals surface area contributed by atoms with E-state index in [0.29, 0.717) is 6.42 Å². The summed E-state index contributed by atoms with van der Waals surface area (Å²) in [5, 5.41) is 3.16. The van der Waals surface area contributed by atoms with Crippen molar-refractivity contribution in [3.63, 3.8) is 0 Å². The maximum atomic E-state index is 10.8. The molecule has 16 heavy (non-hydrogen) atoms. The molecule has 0 spiro atoms. The van der Waals surface area contributed by atoms with E-state index >= 15 is 0 Å². The number of benzene rings is 1. The van der Waals surface area contributed by atoms with E-state index < -0.39 is 0 Å². The average molecular weight is 212 g/mol. The van der Waals surface area contributed by atoms with Crippen LogP contribution < -0.4 is 0 Å². The predicted molar refractivity (Wildman–Crippen MR) is 62.9 cm³/mol. The molecule has 0 aliphatic rings. The molecule has 0 aliphatic heterocycles. The van der Waals surface area contributed by atoms with Crippen molar-refractivity contribution in [1.29, 1.82) is 0 Å². The number of nitroso groups, excluding NO2 is 1. The van der Waals surface area contributed by atoms with Gasteiger partial charge < -0.3 is 0 Å². The summed E-state index contributed by atoms with van der Waals surface area (Å²) in [6.07, 6.45) is 4.00. The summed E-state index contributed by atoms with van der Waals surface area (Å²) in [5.41, 5.74) is 1.97. The number of rotatable bonds is 4. The van der Waals surface area contributed by atoms with Crippen molar-refractivity contribution in [2.45, 2.75) is 12.5 Å². The van der Waals surface area contributed by atoms with E-state index in [0.717, 1.165) is 11.1 Å². The monoisotopic (exact) mass is 212 g/mol. The summed E-state index contributed by atoms with van der Waals surface area (Å²) in [6, 6.07) is 13.2. The molecule has 1 unspecified atom stereocenters. The first-order valence-electron chi connectivity index (χ1n) is 5.16. The van der Waals surface area contributed by atoms with Crippen molar-refractivity contribution < 1.29 is 0 Å². The highest BCUT2D eigenvalue weighted by atomic mass is 16.3. The van der Waals surface area contributed by atoms with Gasteiger partial charge in [0.05, 0.1) is 0 Å². The van der Waals surface area contributed by atoms with Gasteiger partial charge in [0.15, 0.2) is 0 Å². The van der Waals surface area contributed by atoms with Gasteiger partial charge in [-0.3, -0.25) is 4.98 Å². The fourth-order valence-electron chi connectivity index (χ4n) is 1.63. The Morgan fingerprint density at radius 2 is 1.94 bits per heavy atom. The van der Waals surface area contributed by atoms with Gasteiger partial charge in [0.25, 0.3) is 0 Å². The van der Waals surface area contributed by atoms with Crippen molar-refractivity contribution in [3.8, 4) is 0 Å². The van der Waals surface area contributed by atoms with Crippen LogP contribution in [-0.2, 0) is 6.42 Å². The Morgan fingerprint density at radius 3 is 2.56 bits per heavy atom. The molecule has 2 rings (SSSR count). The zero-order valence-electron chi connectivity index (χ0n) is 8.78. The summed E-state index contributed by atoms with van der Waals surface area (Å²) in [5.74, 6) is 0. The molecule has 1 heterocycles. The summed E-state index contributed by atoms with van der Waals surface area (Å²) in [7, 11) is 0. The summed E-state index contributed by atoms with van der Waals surface area (Å²) in [6.45, 7) is 0.